The first-order chi connectivity index (χ1) is 9.51. The SMILES string of the molecule is CCOCCC(=O)Nc1cc(C)cc(/C=C/C(=O)O)c1. The van der Waals surface area contributed by atoms with Gasteiger partial charge in [0.15, 0.2) is 0 Å². The minimum Gasteiger partial charge on any atom is -0.478 e. The standard InChI is InChI=1S/C15H19NO4/c1-3-20-7-6-14(17)16-13-9-11(2)8-12(10-13)4-5-15(18)19/h4-5,8-10H,3,6-7H2,1-2H3,(H,16,17)(H,18,19)/b5-4+. The summed E-state index contributed by atoms with van der Waals surface area (Å²) in [6.45, 7) is 4.73. The van der Waals surface area contributed by atoms with Crippen molar-refractivity contribution in [3.05, 3.63) is 35.4 Å². The normalized spacial score (nSPS) is 10.7. The van der Waals surface area contributed by atoms with E-state index in [0.29, 0.717) is 25.3 Å². The van der Waals surface area contributed by atoms with Crippen LogP contribution in [0.25, 0.3) is 6.08 Å². The first-order valence-corrected chi connectivity index (χ1v) is 6.41. The fourth-order valence-electron chi connectivity index (χ4n) is 1.68. The lowest BCUT2D eigenvalue weighted by molar-refractivity contribution is -0.131. The van der Waals surface area contributed by atoms with Crippen LogP contribution in [0.5, 0.6) is 0 Å². The minimum absolute atomic E-state index is 0.128. The van der Waals surface area contributed by atoms with Gasteiger partial charge in [-0.1, -0.05) is 6.07 Å². The molecule has 0 spiro atoms. The van der Waals surface area contributed by atoms with Crippen molar-refractivity contribution in [3.8, 4) is 0 Å². The van der Waals surface area contributed by atoms with Gasteiger partial charge in [0.25, 0.3) is 0 Å². The first kappa shape index (κ1) is 15.9. The summed E-state index contributed by atoms with van der Waals surface area (Å²) in [6.07, 6.45) is 2.85. The van der Waals surface area contributed by atoms with Crippen LogP contribution in [0.2, 0.25) is 0 Å². The Morgan fingerprint density at radius 2 is 2.10 bits per heavy atom. The van der Waals surface area contributed by atoms with Crippen LogP contribution in [-0.2, 0) is 14.3 Å². The maximum atomic E-state index is 11.7. The molecule has 20 heavy (non-hydrogen) atoms. The van der Waals surface area contributed by atoms with Gasteiger partial charge in [0.2, 0.25) is 5.91 Å². The monoisotopic (exact) mass is 277 g/mol. The van der Waals surface area contributed by atoms with Crippen LogP contribution in [0.3, 0.4) is 0 Å². The number of ether oxygens (including phenoxy) is 1. The molecule has 0 aliphatic carbocycles. The Labute approximate surface area is 118 Å². The molecule has 0 unspecified atom stereocenters. The van der Waals surface area contributed by atoms with Crippen LogP contribution < -0.4 is 5.32 Å². The largest absolute Gasteiger partial charge is 0.478 e. The van der Waals surface area contributed by atoms with Crippen molar-refractivity contribution >= 4 is 23.6 Å². The molecule has 108 valence electrons. The number of carbonyl (C=O) groups excluding carboxylic acids is 1. The second kappa shape index (κ2) is 8.12. The molecule has 0 radical (unpaired) electrons. The van der Waals surface area contributed by atoms with Crippen molar-refractivity contribution in [2.45, 2.75) is 20.3 Å². The summed E-state index contributed by atoms with van der Waals surface area (Å²) in [5.41, 5.74) is 2.32. The predicted octanol–water partition coefficient (Wildman–Crippen LogP) is 2.46. The molecule has 1 rings (SSSR count). The molecule has 0 fully saturated rings. The average Bonchev–Trinajstić information content (AvgIpc) is 2.36. The third-order valence-electron chi connectivity index (χ3n) is 2.48. The summed E-state index contributed by atoms with van der Waals surface area (Å²) in [5.74, 6) is -1.13. The van der Waals surface area contributed by atoms with Gasteiger partial charge < -0.3 is 15.2 Å². The number of hydrogen-bond acceptors (Lipinski definition) is 3. The van der Waals surface area contributed by atoms with Gasteiger partial charge in [-0.2, -0.15) is 0 Å². The Hall–Kier alpha value is -2.14. The van der Waals surface area contributed by atoms with Crippen molar-refractivity contribution in [1.29, 1.82) is 0 Å². The molecule has 5 nitrogen and oxygen atoms in total. The Kier molecular flexibility index (Phi) is 6.46. The highest BCUT2D eigenvalue weighted by Crippen LogP contribution is 2.16. The van der Waals surface area contributed by atoms with Crippen LogP contribution in [0.15, 0.2) is 24.3 Å². The van der Waals surface area contributed by atoms with Crippen molar-refractivity contribution in [1.82, 2.24) is 0 Å². The van der Waals surface area contributed by atoms with Gasteiger partial charge in [-0.05, 0) is 43.2 Å². The average molecular weight is 277 g/mol. The molecule has 0 aromatic heterocycles. The highest BCUT2D eigenvalue weighted by atomic mass is 16.5. The number of aryl methyl sites for hydroxylation is 1. The molecule has 5 heteroatoms. The zero-order valence-corrected chi connectivity index (χ0v) is 11.7. The van der Waals surface area contributed by atoms with Gasteiger partial charge in [0.05, 0.1) is 13.0 Å². The molecule has 0 aliphatic rings. The fourth-order valence-corrected chi connectivity index (χ4v) is 1.68. The van der Waals surface area contributed by atoms with Crippen molar-refractivity contribution in [3.63, 3.8) is 0 Å². The van der Waals surface area contributed by atoms with Gasteiger partial charge in [0.1, 0.15) is 0 Å². The summed E-state index contributed by atoms with van der Waals surface area (Å²) in [4.78, 5) is 22.2. The third kappa shape index (κ3) is 6.15. The highest BCUT2D eigenvalue weighted by molar-refractivity contribution is 5.91. The van der Waals surface area contributed by atoms with E-state index in [1.165, 1.54) is 6.08 Å². The fraction of sp³-hybridized carbons (Fsp3) is 0.333. The third-order valence-corrected chi connectivity index (χ3v) is 2.48. The number of nitrogens with one attached hydrogen (secondary N) is 1. The van der Waals surface area contributed by atoms with Gasteiger partial charge in [-0.15, -0.1) is 0 Å². The number of amides is 1. The van der Waals surface area contributed by atoms with E-state index in [2.05, 4.69) is 5.32 Å². The number of carboxylic acid groups (broad SMARTS) is 1. The molecular formula is C15H19NO4. The molecule has 0 atom stereocenters. The molecule has 1 aromatic rings. The van der Waals surface area contributed by atoms with Crippen LogP contribution in [0, 0.1) is 6.92 Å². The van der Waals surface area contributed by atoms with E-state index in [0.717, 1.165) is 17.2 Å². The number of carbonyl (C=O) groups is 2. The number of aliphatic carboxylic acids is 1. The molecule has 1 amide bonds. The van der Waals surface area contributed by atoms with E-state index in [4.69, 9.17) is 9.84 Å². The summed E-state index contributed by atoms with van der Waals surface area (Å²) in [7, 11) is 0. The smallest absolute Gasteiger partial charge is 0.328 e. The van der Waals surface area contributed by atoms with Gasteiger partial charge in [-0.25, -0.2) is 4.79 Å². The van der Waals surface area contributed by atoms with E-state index in [9.17, 15) is 9.59 Å². The first-order valence-electron chi connectivity index (χ1n) is 6.41. The molecule has 0 heterocycles. The van der Waals surface area contributed by atoms with E-state index in [-0.39, 0.29) is 5.91 Å². The number of anilines is 1. The number of hydrogen-bond donors (Lipinski definition) is 2. The Morgan fingerprint density at radius 1 is 1.35 bits per heavy atom. The lowest BCUT2D eigenvalue weighted by Gasteiger charge is -2.08. The molecule has 0 saturated carbocycles. The van der Waals surface area contributed by atoms with Gasteiger partial charge >= 0.3 is 5.97 Å². The Morgan fingerprint density at radius 3 is 2.75 bits per heavy atom. The second-order valence-electron chi connectivity index (χ2n) is 4.30. The van der Waals surface area contributed by atoms with Crippen LogP contribution >= 0.6 is 0 Å². The van der Waals surface area contributed by atoms with Crippen LogP contribution in [0.4, 0.5) is 5.69 Å². The van der Waals surface area contributed by atoms with Crippen molar-refractivity contribution < 1.29 is 19.4 Å². The van der Waals surface area contributed by atoms with Crippen LogP contribution in [-0.4, -0.2) is 30.2 Å². The second-order valence-corrected chi connectivity index (χ2v) is 4.30. The molecule has 2 N–H and O–H groups in total. The zero-order valence-electron chi connectivity index (χ0n) is 11.7. The highest BCUT2D eigenvalue weighted by Gasteiger charge is 2.03. The molecule has 0 saturated heterocycles. The predicted molar refractivity (Wildman–Crippen MR) is 77.6 cm³/mol. The summed E-state index contributed by atoms with van der Waals surface area (Å²) in [6, 6.07) is 5.40. The van der Waals surface area contributed by atoms with E-state index in [1.807, 2.05) is 26.0 Å². The maximum Gasteiger partial charge on any atom is 0.328 e. The van der Waals surface area contributed by atoms with Gasteiger partial charge in [-0.3, -0.25) is 4.79 Å². The van der Waals surface area contributed by atoms with Crippen LogP contribution in [0.1, 0.15) is 24.5 Å². The molecular weight excluding hydrogens is 258 g/mol. The maximum absolute atomic E-state index is 11.7. The lowest BCUT2D eigenvalue weighted by Crippen LogP contribution is -2.14. The van der Waals surface area contributed by atoms with Gasteiger partial charge in [0, 0.05) is 18.4 Å². The van der Waals surface area contributed by atoms with Crippen molar-refractivity contribution in [2.24, 2.45) is 0 Å². The van der Waals surface area contributed by atoms with E-state index < -0.39 is 5.97 Å². The zero-order chi connectivity index (χ0) is 15.0. The van der Waals surface area contributed by atoms with E-state index in [1.54, 1.807) is 6.07 Å². The minimum atomic E-state index is -1.01. The molecule has 0 aliphatic heterocycles. The van der Waals surface area contributed by atoms with Crippen molar-refractivity contribution in [2.75, 3.05) is 18.5 Å². The number of benzene rings is 1. The summed E-state index contributed by atoms with van der Waals surface area (Å²) >= 11 is 0. The molecule has 0 bridgehead atoms. The quantitative estimate of drug-likeness (QED) is 0.593. The number of carboxylic acids is 1. The summed E-state index contributed by atoms with van der Waals surface area (Å²) in [5, 5.41) is 11.4. The topological polar surface area (TPSA) is 75.6 Å². The Balaban J connectivity index is 2.70. The summed E-state index contributed by atoms with van der Waals surface area (Å²) < 4.78 is 5.12. The van der Waals surface area contributed by atoms with E-state index >= 15 is 0 Å². The lowest BCUT2D eigenvalue weighted by atomic mass is 10.1. The Bertz CT molecular complexity index is 509. The molecule has 1 aromatic carbocycles. The number of rotatable bonds is 7.